The van der Waals surface area contributed by atoms with Crippen LogP contribution < -0.4 is 24.4 Å². The van der Waals surface area contributed by atoms with E-state index in [0.29, 0.717) is 13.1 Å². The summed E-state index contributed by atoms with van der Waals surface area (Å²) in [6, 6.07) is 17.4. The lowest BCUT2D eigenvalue weighted by Crippen LogP contribution is -2.43. The molecule has 2 aromatic carbocycles. The first-order chi connectivity index (χ1) is 16.2. The van der Waals surface area contributed by atoms with Gasteiger partial charge in [0.15, 0.2) is 17.3 Å². The van der Waals surface area contributed by atoms with Crippen LogP contribution in [-0.4, -0.2) is 43.1 Å². The highest BCUT2D eigenvalue weighted by Crippen LogP contribution is 2.32. The Bertz CT molecular complexity index is 1140. The van der Waals surface area contributed by atoms with Crippen molar-refractivity contribution in [2.45, 2.75) is 19.4 Å². The predicted octanol–water partition coefficient (Wildman–Crippen LogP) is 3.41. The first-order valence-electron chi connectivity index (χ1n) is 11.1. The minimum Gasteiger partial charge on any atom is -0.496 e. The third kappa shape index (κ3) is 4.55. The van der Waals surface area contributed by atoms with Crippen LogP contribution in [0.4, 0.5) is 5.82 Å². The predicted molar refractivity (Wildman–Crippen MR) is 123 cm³/mol. The molecular weight excluding hydrogens is 420 g/mol. The van der Waals surface area contributed by atoms with Crippen molar-refractivity contribution in [3.63, 3.8) is 0 Å². The van der Waals surface area contributed by atoms with E-state index < -0.39 is 0 Å². The van der Waals surface area contributed by atoms with Gasteiger partial charge in [-0.15, -0.1) is 10.2 Å². The number of rotatable bonds is 6. The van der Waals surface area contributed by atoms with E-state index in [-0.39, 0.29) is 18.6 Å². The number of piperidine rings is 1. The molecule has 5 rings (SSSR count). The fourth-order valence-corrected chi connectivity index (χ4v) is 4.28. The number of anilines is 1. The average molecular weight is 447 g/mol. The molecule has 1 saturated heterocycles. The first-order valence-corrected chi connectivity index (χ1v) is 11.1. The van der Waals surface area contributed by atoms with Crippen molar-refractivity contribution in [2.24, 2.45) is 5.92 Å². The molecule has 1 atom stereocenters. The summed E-state index contributed by atoms with van der Waals surface area (Å²) < 4.78 is 16.2. The Morgan fingerprint density at radius 2 is 2.00 bits per heavy atom. The molecule has 3 aromatic rings. The van der Waals surface area contributed by atoms with Gasteiger partial charge in [0.25, 0.3) is 0 Å². The average Bonchev–Trinajstić information content (AvgIpc) is 3.35. The number of carbonyl (C=O) groups is 1. The van der Waals surface area contributed by atoms with E-state index >= 15 is 0 Å². The fourth-order valence-electron chi connectivity index (χ4n) is 4.28. The number of nitrogens with one attached hydrogen (secondary N) is 1. The Balaban J connectivity index is 1.21. The third-order valence-electron chi connectivity index (χ3n) is 6.05. The van der Waals surface area contributed by atoms with Gasteiger partial charge < -0.3 is 24.4 Å². The molecule has 3 heterocycles. The normalized spacial score (nSPS) is 17.0. The number of fused-ring (bicyclic) bond motifs is 1. The van der Waals surface area contributed by atoms with Gasteiger partial charge in [0.05, 0.1) is 18.7 Å². The van der Waals surface area contributed by atoms with Crippen molar-refractivity contribution < 1.29 is 19.0 Å². The van der Waals surface area contributed by atoms with Gasteiger partial charge in [0.1, 0.15) is 5.75 Å². The summed E-state index contributed by atoms with van der Waals surface area (Å²) in [6.45, 7) is 2.18. The molecule has 1 N–H and O–H groups in total. The SMILES string of the molecule is COc1ccccc1-c1ccc(N2CCCC(C(=O)NCc3ccc4c(c3)OCO4)C2)nn1. The zero-order valence-electron chi connectivity index (χ0n) is 18.5. The minimum atomic E-state index is -0.0940. The Labute approximate surface area is 192 Å². The van der Waals surface area contributed by atoms with Gasteiger partial charge in [-0.3, -0.25) is 4.79 Å². The summed E-state index contributed by atoms with van der Waals surface area (Å²) in [5.41, 5.74) is 2.64. The van der Waals surface area contributed by atoms with E-state index in [1.807, 2.05) is 54.6 Å². The molecular formula is C25H26N4O4. The van der Waals surface area contributed by atoms with Crippen LogP contribution in [0.2, 0.25) is 0 Å². The monoisotopic (exact) mass is 446 g/mol. The topological polar surface area (TPSA) is 85.8 Å². The number of carbonyl (C=O) groups excluding carboxylic acids is 1. The van der Waals surface area contributed by atoms with Crippen LogP contribution in [0.25, 0.3) is 11.3 Å². The van der Waals surface area contributed by atoms with Crippen molar-refractivity contribution in [3.8, 4) is 28.5 Å². The number of aromatic nitrogens is 2. The lowest BCUT2D eigenvalue weighted by atomic mass is 9.97. The van der Waals surface area contributed by atoms with Gasteiger partial charge in [-0.05, 0) is 54.8 Å². The molecule has 0 saturated carbocycles. The molecule has 1 fully saturated rings. The van der Waals surface area contributed by atoms with Crippen molar-refractivity contribution in [3.05, 3.63) is 60.2 Å². The number of amides is 1. The maximum absolute atomic E-state index is 12.8. The zero-order valence-corrected chi connectivity index (χ0v) is 18.5. The number of hydrogen-bond acceptors (Lipinski definition) is 7. The van der Waals surface area contributed by atoms with E-state index in [0.717, 1.165) is 59.3 Å². The number of methoxy groups -OCH3 is 1. The second-order valence-electron chi connectivity index (χ2n) is 8.17. The quantitative estimate of drug-likeness (QED) is 0.621. The summed E-state index contributed by atoms with van der Waals surface area (Å²) in [5, 5.41) is 11.9. The number of nitrogens with zero attached hydrogens (tertiary/aromatic N) is 3. The Morgan fingerprint density at radius 1 is 1.12 bits per heavy atom. The van der Waals surface area contributed by atoms with Gasteiger partial charge in [0.2, 0.25) is 12.7 Å². The van der Waals surface area contributed by atoms with Crippen molar-refractivity contribution in [2.75, 3.05) is 31.9 Å². The standard InChI is InChI=1S/C25H26N4O4/c1-31-21-7-3-2-6-19(21)20-9-11-24(28-27-20)29-12-4-5-18(15-29)25(30)26-14-17-8-10-22-23(13-17)33-16-32-22/h2-3,6-11,13,18H,4-5,12,14-16H2,1H3,(H,26,30). The maximum Gasteiger partial charge on any atom is 0.231 e. The van der Waals surface area contributed by atoms with E-state index in [1.54, 1.807) is 7.11 Å². The molecule has 8 heteroatoms. The molecule has 33 heavy (non-hydrogen) atoms. The largest absolute Gasteiger partial charge is 0.496 e. The van der Waals surface area contributed by atoms with Crippen LogP contribution in [0.15, 0.2) is 54.6 Å². The van der Waals surface area contributed by atoms with Crippen molar-refractivity contribution in [1.29, 1.82) is 0 Å². The smallest absolute Gasteiger partial charge is 0.231 e. The maximum atomic E-state index is 12.8. The Morgan fingerprint density at radius 3 is 2.85 bits per heavy atom. The lowest BCUT2D eigenvalue weighted by Gasteiger charge is -2.32. The molecule has 0 bridgehead atoms. The van der Waals surface area contributed by atoms with E-state index in [9.17, 15) is 4.79 Å². The van der Waals surface area contributed by atoms with Crippen LogP contribution in [0, 0.1) is 5.92 Å². The second-order valence-corrected chi connectivity index (χ2v) is 8.17. The van der Waals surface area contributed by atoms with Crippen LogP contribution in [0.3, 0.4) is 0 Å². The fraction of sp³-hybridized carbons (Fsp3) is 0.320. The number of benzene rings is 2. The zero-order chi connectivity index (χ0) is 22.6. The van der Waals surface area contributed by atoms with E-state index in [1.165, 1.54) is 0 Å². The summed E-state index contributed by atoms with van der Waals surface area (Å²) >= 11 is 0. The van der Waals surface area contributed by atoms with Crippen LogP contribution in [0.5, 0.6) is 17.2 Å². The third-order valence-corrected chi connectivity index (χ3v) is 6.05. The Hall–Kier alpha value is -3.81. The molecule has 1 amide bonds. The number of ether oxygens (including phenoxy) is 3. The number of para-hydroxylation sites is 1. The van der Waals surface area contributed by atoms with Gasteiger partial charge in [-0.2, -0.15) is 0 Å². The van der Waals surface area contributed by atoms with Gasteiger partial charge in [0, 0.05) is 25.2 Å². The first kappa shape index (κ1) is 21.1. The molecule has 0 aliphatic carbocycles. The van der Waals surface area contributed by atoms with Gasteiger partial charge in [-0.25, -0.2) is 0 Å². The van der Waals surface area contributed by atoms with E-state index in [4.69, 9.17) is 14.2 Å². The lowest BCUT2D eigenvalue weighted by molar-refractivity contribution is -0.125. The molecule has 170 valence electrons. The molecule has 0 spiro atoms. The van der Waals surface area contributed by atoms with Crippen LogP contribution in [0.1, 0.15) is 18.4 Å². The highest BCUT2D eigenvalue weighted by Gasteiger charge is 2.27. The number of hydrogen-bond donors (Lipinski definition) is 1. The summed E-state index contributed by atoms with van der Waals surface area (Å²) in [6.07, 6.45) is 1.79. The Kier molecular flexibility index (Phi) is 5.97. The minimum absolute atomic E-state index is 0.0518. The van der Waals surface area contributed by atoms with E-state index in [2.05, 4.69) is 20.4 Å². The van der Waals surface area contributed by atoms with Crippen LogP contribution in [-0.2, 0) is 11.3 Å². The molecule has 1 aromatic heterocycles. The molecule has 2 aliphatic heterocycles. The van der Waals surface area contributed by atoms with Crippen LogP contribution >= 0.6 is 0 Å². The van der Waals surface area contributed by atoms with Gasteiger partial charge >= 0.3 is 0 Å². The van der Waals surface area contributed by atoms with Crippen molar-refractivity contribution in [1.82, 2.24) is 15.5 Å². The summed E-state index contributed by atoms with van der Waals surface area (Å²) in [7, 11) is 1.64. The van der Waals surface area contributed by atoms with Gasteiger partial charge in [-0.1, -0.05) is 18.2 Å². The highest BCUT2D eigenvalue weighted by atomic mass is 16.7. The van der Waals surface area contributed by atoms with Crippen molar-refractivity contribution >= 4 is 11.7 Å². The molecule has 2 aliphatic rings. The summed E-state index contributed by atoms with van der Waals surface area (Å²) in [4.78, 5) is 15.0. The second kappa shape index (κ2) is 9.36. The highest BCUT2D eigenvalue weighted by molar-refractivity contribution is 5.79. The molecule has 0 radical (unpaired) electrons. The molecule has 1 unspecified atom stereocenters. The molecule has 8 nitrogen and oxygen atoms in total. The summed E-state index contributed by atoms with van der Waals surface area (Å²) in [5.74, 6) is 2.96.